The lowest BCUT2D eigenvalue weighted by Crippen LogP contribution is -2.40. The van der Waals surface area contributed by atoms with Crippen LogP contribution in [0.1, 0.15) is 28.7 Å². The Hall–Kier alpha value is -2.27. The quantitative estimate of drug-likeness (QED) is 0.795. The molecule has 2 aromatic rings. The zero-order valence-electron chi connectivity index (χ0n) is 14.3. The first kappa shape index (κ1) is 18.5. The molecule has 0 fully saturated rings. The highest BCUT2D eigenvalue weighted by Gasteiger charge is 2.37. The van der Waals surface area contributed by atoms with E-state index in [1.807, 2.05) is 6.92 Å². The Kier molecular flexibility index (Phi) is 5.10. The first-order valence-corrected chi connectivity index (χ1v) is 10.2. The maximum Gasteiger partial charge on any atom is 0.326 e. The summed E-state index contributed by atoms with van der Waals surface area (Å²) in [4.78, 5) is 12.7. The van der Waals surface area contributed by atoms with Gasteiger partial charge in [-0.3, -0.25) is 9.10 Å². The molecule has 1 aliphatic rings. The summed E-state index contributed by atoms with van der Waals surface area (Å²) in [5, 5.41) is 6.62. The monoisotopic (exact) mass is 399 g/mol. The van der Waals surface area contributed by atoms with Gasteiger partial charge in [-0.1, -0.05) is 17.8 Å². The third-order valence-corrected chi connectivity index (χ3v) is 6.61. The van der Waals surface area contributed by atoms with Crippen LogP contribution in [-0.4, -0.2) is 44.0 Å². The molecule has 1 amide bonds. The SMILES string of the molecule is CCCc1nnsc1C(=O)NCCN1c2cc(F)ccc2N(C)S1(=O)=O. The van der Waals surface area contributed by atoms with Gasteiger partial charge in [0.1, 0.15) is 10.7 Å². The first-order chi connectivity index (χ1) is 12.4. The number of carbonyl (C=O) groups excluding carboxylic acids is 1. The molecule has 1 aromatic carbocycles. The van der Waals surface area contributed by atoms with Crippen molar-refractivity contribution in [3.63, 3.8) is 0 Å². The second-order valence-electron chi connectivity index (χ2n) is 5.74. The number of amides is 1. The smallest absolute Gasteiger partial charge is 0.326 e. The highest BCUT2D eigenvalue weighted by Crippen LogP contribution is 2.39. The van der Waals surface area contributed by atoms with Gasteiger partial charge in [0, 0.05) is 19.7 Å². The van der Waals surface area contributed by atoms with Crippen molar-refractivity contribution in [2.24, 2.45) is 0 Å². The summed E-state index contributed by atoms with van der Waals surface area (Å²) < 4.78 is 44.5. The lowest BCUT2D eigenvalue weighted by molar-refractivity contribution is 0.0957. The van der Waals surface area contributed by atoms with Crippen LogP contribution in [0.25, 0.3) is 0 Å². The molecule has 0 radical (unpaired) electrons. The normalized spacial score (nSPS) is 15.2. The van der Waals surface area contributed by atoms with Crippen molar-refractivity contribution in [1.29, 1.82) is 0 Å². The molecule has 26 heavy (non-hydrogen) atoms. The number of fused-ring (bicyclic) bond motifs is 1. The van der Waals surface area contributed by atoms with Gasteiger partial charge in [0.2, 0.25) is 0 Å². The van der Waals surface area contributed by atoms with Crippen LogP contribution in [0, 0.1) is 5.82 Å². The van der Waals surface area contributed by atoms with Gasteiger partial charge >= 0.3 is 10.2 Å². The van der Waals surface area contributed by atoms with Crippen LogP contribution in [0.15, 0.2) is 18.2 Å². The summed E-state index contributed by atoms with van der Waals surface area (Å²) in [5.41, 5.74) is 1.29. The van der Waals surface area contributed by atoms with Crippen LogP contribution >= 0.6 is 11.5 Å². The molecule has 0 atom stereocenters. The molecular weight excluding hydrogens is 381 g/mol. The minimum absolute atomic E-state index is 0.00971. The van der Waals surface area contributed by atoms with Crippen LogP contribution in [0.4, 0.5) is 15.8 Å². The molecule has 3 rings (SSSR count). The van der Waals surface area contributed by atoms with E-state index in [4.69, 9.17) is 0 Å². The number of hydrogen-bond acceptors (Lipinski definition) is 6. The summed E-state index contributed by atoms with van der Waals surface area (Å²) in [6.07, 6.45) is 1.49. The van der Waals surface area contributed by atoms with Gasteiger partial charge in [0.15, 0.2) is 0 Å². The number of aryl methyl sites for hydroxylation is 1. The summed E-state index contributed by atoms with van der Waals surface area (Å²) in [7, 11) is -2.38. The molecule has 2 heterocycles. The van der Waals surface area contributed by atoms with Crippen LogP contribution in [-0.2, 0) is 16.6 Å². The number of hydrogen-bond donors (Lipinski definition) is 1. The number of benzene rings is 1. The molecule has 0 bridgehead atoms. The van der Waals surface area contributed by atoms with E-state index in [1.54, 1.807) is 0 Å². The highest BCUT2D eigenvalue weighted by atomic mass is 32.2. The van der Waals surface area contributed by atoms with Gasteiger partial charge < -0.3 is 5.32 Å². The van der Waals surface area contributed by atoms with E-state index in [0.717, 1.165) is 26.6 Å². The molecule has 0 spiro atoms. The first-order valence-electron chi connectivity index (χ1n) is 8.01. The van der Waals surface area contributed by atoms with E-state index in [1.165, 1.54) is 25.2 Å². The highest BCUT2D eigenvalue weighted by molar-refractivity contribution is 7.94. The zero-order chi connectivity index (χ0) is 18.9. The number of aromatic nitrogens is 2. The van der Waals surface area contributed by atoms with Crippen molar-refractivity contribution in [3.05, 3.63) is 34.6 Å². The molecule has 1 N–H and O–H groups in total. The minimum Gasteiger partial charge on any atom is -0.349 e. The molecule has 1 aromatic heterocycles. The van der Waals surface area contributed by atoms with E-state index in [9.17, 15) is 17.6 Å². The number of rotatable bonds is 6. The summed E-state index contributed by atoms with van der Waals surface area (Å²) in [5.74, 6) is -0.865. The van der Waals surface area contributed by atoms with E-state index in [-0.39, 0.29) is 24.7 Å². The standard InChI is InChI=1S/C15H18FN5O3S2/c1-3-4-11-14(25-19-18-11)15(22)17-7-8-21-13-9-10(16)5-6-12(13)20(2)26(21,23)24/h5-6,9H,3-4,7-8H2,1-2H3,(H,17,22). The minimum atomic E-state index is -3.78. The summed E-state index contributed by atoms with van der Waals surface area (Å²) in [6, 6.07) is 3.80. The van der Waals surface area contributed by atoms with Crippen molar-refractivity contribution in [1.82, 2.24) is 14.9 Å². The van der Waals surface area contributed by atoms with E-state index >= 15 is 0 Å². The number of halogens is 1. The van der Waals surface area contributed by atoms with Crippen molar-refractivity contribution in [2.75, 3.05) is 28.7 Å². The predicted octanol–water partition coefficient (Wildman–Crippen LogP) is 1.56. The van der Waals surface area contributed by atoms with Gasteiger partial charge in [0.05, 0.1) is 23.6 Å². The van der Waals surface area contributed by atoms with E-state index < -0.39 is 16.0 Å². The molecule has 0 unspecified atom stereocenters. The van der Waals surface area contributed by atoms with E-state index in [0.29, 0.717) is 22.7 Å². The molecule has 11 heteroatoms. The van der Waals surface area contributed by atoms with Crippen molar-refractivity contribution >= 4 is 39.0 Å². The van der Waals surface area contributed by atoms with Crippen molar-refractivity contribution in [2.45, 2.75) is 19.8 Å². The summed E-state index contributed by atoms with van der Waals surface area (Å²) in [6.45, 7) is 2.04. The largest absolute Gasteiger partial charge is 0.349 e. The average molecular weight is 399 g/mol. The fourth-order valence-electron chi connectivity index (χ4n) is 2.73. The predicted molar refractivity (Wildman–Crippen MR) is 97.3 cm³/mol. The molecule has 0 saturated heterocycles. The maximum atomic E-state index is 13.5. The lowest BCUT2D eigenvalue weighted by Gasteiger charge is -2.19. The van der Waals surface area contributed by atoms with Crippen LogP contribution in [0.2, 0.25) is 0 Å². The topological polar surface area (TPSA) is 95.5 Å². The van der Waals surface area contributed by atoms with Crippen LogP contribution < -0.4 is 13.9 Å². The van der Waals surface area contributed by atoms with Gasteiger partial charge in [-0.2, -0.15) is 8.42 Å². The number of anilines is 2. The lowest BCUT2D eigenvalue weighted by atomic mass is 10.2. The molecule has 0 aliphatic carbocycles. The zero-order valence-corrected chi connectivity index (χ0v) is 15.9. The Morgan fingerprint density at radius 1 is 1.35 bits per heavy atom. The second kappa shape index (κ2) is 7.16. The number of nitrogens with one attached hydrogen (secondary N) is 1. The third kappa shape index (κ3) is 3.23. The molecular formula is C15H18FN5O3S2. The molecule has 8 nitrogen and oxygen atoms in total. The Balaban J connectivity index is 1.71. The Bertz CT molecular complexity index is 931. The Labute approximate surface area is 155 Å². The maximum absolute atomic E-state index is 13.5. The molecule has 1 aliphatic heterocycles. The second-order valence-corrected chi connectivity index (χ2v) is 8.37. The van der Waals surface area contributed by atoms with Crippen molar-refractivity contribution in [3.8, 4) is 0 Å². The van der Waals surface area contributed by atoms with Crippen molar-refractivity contribution < 1.29 is 17.6 Å². The summed E-state index contributed by atoms with van der Waals surface area (Å²) >= 11 is 1.01. The Morgan fingerprint density at radius 2 is 2.12 bits per heavy atom. The fourth-order valence-corrected chi connectivity index (χ4v) is 4.77. The molecule has 0 saturated carbocycles. The van der Waals surface area contributed by atoms with Gasteiger partial charge in [-0.25, -0.2) is 8.70 Å². The van der Waals surface area contributed by atoms with Gasteiger partial charge in [-0.05, 0) is 30.1 Å². The van der Waals surface area contributed by atoms with Crippen LogP contribution in [0.5, 0.6) is 0 Å². The third-order valence-electron chi connectivity index (χ3n) is 4.02. The van der Waals surface area contributed by atoms with Gasteiger partial charge in [-0.15, -0.1) is 5.10 Å². The van der Waals surface area contributed by atoms with Crippen LogP contribution in [0.3, 0.4) is 0 Å². The Morgan fingerprint density at radius 3 is 2.85 bits per heavy atom. The fraction of sp³-hybridized carbons (Fsp3) is 0.400. The molecule has 140 valence electrons. The number of nitrogens with zero attached hydrogens (tertiary/aromatic N) is 4. The van der Waals surface area contributed by atoms with E-state index in [2.05, 4.69) is 14.9 Å². The van der Waals surface area contributed by atoms with Gasteiger partial charge in [0.25, 0.3) is 5.91 Å². The average Bonchev–Trinajstić information content (AvgIpc) is 3.12. The number of carbonyl (C=O) groups is 1.